The second kappa shape index (κ2) is 8.74. The Kier molecular flexibility index (Phi) is 5.83. The smallest absolute Gasteiger partial charge is 0.294 e. The number of hydrogen-bond donors (Lipinski definition) is 1. The summed E-state index contributed by atoms with van der Waals surface area (Å²) in [5.41, 5.74) is 1.96. The average Bonchev–Trinajstić information content (AvgIpc) is 3.45. The van der Waals surface area contributed by atoms with Crippen molar-refractivity contribution >= 4 is 23.1 Å². The topological polar surface area (TPSA) is 92.5 Å². The molecule has 1 aromatic heterocycles. The number of hydrogen-bond acceptors (Lipinski definition) is 7. The second-order valence-electron chi connectivity index (χ2n) is 7.67. The monoisotopic (exact) mass is 448 g/mol. The van der Waals surface area contributed by atoms with E-state index >= 15 is 0 Å². The Labute approximate surface area is 191 Å². The second-order valence-corrected chi connectivity index (χ2v) is 7.67. The Morgan fingerprint density at radius 2 is 1.73 bits per heavy atom. The normalized spacial score (nSPS) is 15.7. The molecule has 1 unspecified atom stereocenters. The summed E-state index contributed by atoms with van der Waals surface area (Å²) in [7, 11) is 6.85. The lowest BCUT2D eigenvalue weighted by atomic mass is 9.94. The fraction of sp³-hybridized carbons (Fsp3) is 0.200. The molecule has 1 aliphatic rings. The third kappa shape index (κ3) is 3.80. The molecule has 8 heteroatoms. The van der Waals surface area contributed by atoms with E-state index in [1.807, 2.05) is 31.1 Å². The summed E-state index contributed by atoms with van der Waals surface area (Å²) in [6.45, 7) is 0. The highest BCUT2D eigenvalue weighted by molar-refractivity contribution is 6.20. The molecule has 0 aliphatic carbocycles. The fourth-order valence-corrected chi connectivity index (χ4v) is 3.89. The molecule has 2 heterocycles. The number of aliphatic hydroxyl groups is 1. The van der Waals surface area contributed by atoms with Crippen molar-refractivity contribution in [1.82, 2.24) is 0 Å². The lowest BCUT2D eigenvalue weighted by Crippen LogP contribution is -2.31. The fourth-order valence-electron chi connectivity index (χ4n) is 3.89. The van der Waals surface area contributed by atoms with Crippen molar-refractivity contribution in [2.75, 3.05) is 38.1 Å². The molecule has 1 aliphatic heterocycles. The van der Waals surface area contributed by atoms with Crippen LogP contribution in [0.25, 0.3) is 0 Å². The van der Waals surface area contributed by atoms with E-state index in [-0.39, 0.29) is 11.3 Å². The molecule has 1 amide bonds. The van der Waals surface area contributed by atoms with Crippen LogP contribution in [0.3, 0.4) is 0 Å². The molecule has 0 saturated carbocycles. The van der Waals surface area contributed by atoms with Crippen molar-refractivity contribution in [3.05, 3.63) is 83.5 Å². The number of nitrogens with zero attached hydrogens (tertiary/aromatic N) is 2. The quantitative estimate of drug-likeness (QED) is 0.543. The van der Waals surface area contributed by atoms with Gasteiger partial charge in [-0.3, -0.25) is 14.5 Å². The Balaban J connectivity index is 1.88. The molecule has 1 atom stereocenters. The highest BCUT2D eigenvalue weighted by atomic mass is 16.5. The van der Waals surface area contributed by atoms with Crippen LogP contribution in [0.15, 0.2) is 76.6 Å². The molecule has 170 valence electrons. The number of benzene rings is 2. The summed E-state index contributed by atoms with van der Waals surface area (Å²) in [4.78, 5) is 29.9. The number of methoxy groups -OCH3 is 2. The lowest BCUT2D eigenvalue weighted by Gasteiger charge is -2.27. The number of Topliss-reactive ketones (excluding diaryl/α,β-unsaturated/α-hetero) is 1. The van der Waals surface area contributed by atoms with Gasteiger partial charge in [-0.25, -0.2) is 0 Å². The van der Waals surface area contributed by atoms with Gasteiger partial charge in [0.1, 0.15) is 0 Å². The number of ketones is 1. The molecule has 0 fully saturated rings. The van der Waals surface area contributed by atoms with Crippen LogP contribution in [0.5, 0.6) is 11.5 Å². The number of rotatable bonds is 7. The first-order valence-corrected chi connectivity index (χ1v) is 10.2. The molecule has 0 radical (unpaired) electrons. The van der Waals surface area contributed by atoms with Crippen LogP contribution in [0, 0.1) is 0 Å². The summed E-state index contributed by atoms with van der Waals surface area (Å²) >= 11 is 0. The predicted molar refractivity (Wildman–Crippen MR) is 123 cm³/mol. The van der Waals surface area contributed by atoms with Gasteiger partial charge in [0, 0.05) is 25.5 Å². The van der Waals surface area contributed by atoms with Gasteiger partial charge in [-0.2, -0.15) is 0 Å². The third-order valence-corrected chi connectivity index (χ3v) is 5.57. The van der Waals surface area contributed by atoms with Crippen LogP contribution in [0.1, 0.15) is 22.2 Å². The molecule has 0 bridgehead atoms. The van der Waals surface area contributed by atoms with E-state index in [0.29, 0.717) is 22.7 Å². The van der Waals surface area contributed by atoms with Crippen molar-refractivity contribution in [3.63, 3.8) is 0 Å². The number of aliphatic hydroxyl groups excluding tert-OH is 1. The van der Waals surface area contributed by atoms with Gasteiger partial charge in [0.05, 0.1) is 32.1 Å². The van der Waals surface area contributed by atoms with E-state index in [4.69, 9.17) is 13.9 Å². The minimum Gasteiger partial charge on any atom is -0.503 e. The van der Waals surface area contributed by atoms with Gasteiger partial charge in [-0.05, 0) is 54.1 Å². The van der Waals surface area contributed by atoms with E-state index in [1.54, 1.807) is 36.4 Å². The summed E-state index contributed by atoms with van der Waals surface area (Å²) in [6, 6.07) is 14.5. The first kappa shape index (κ1) is 22.0. The SMILES string of the molecule is COc1ccc(C2C(C(=O)c3ccco3)=C(O)C(=O)N2c2ccc(N(C)C)cc2)cc1OC. The van der Waals surface area contributed by atoms with Gasteiger partial charge in [0.15, 0.2) is 23.0 Å². The van der Waals surface area contributed by atoms with Gasteiger partial charge in [0.25, 0.3) is 5.91 Å². The van der Waals surface area contributed by atoms with E-state index in [9.17, 15) is 14.7 Å². The van der Waals surface area contributed by atoms with Crippen LogP contribution in [-0.4, -0.2) is 45.1 Å². The van der Waals surface area contributed by atoms with Crippen molar-refractivity contribution in [1.29, 1.82) is 0 Å². The van der Waals surface area contributed by atoms with E-state index in [2.05, 4.69) is 0 Å². The predicted octanol–water partition coefficient (Wildman–Crippen LogP) is 4.15. The average molecular weight is 448 g/mol. The summed E-state index contributed by atoms with van der Waals surface area (Å²) in [5.74, 6) is -0.908. The largest absolute Gasteiger partial charge is 0.503 e. The van der Waals surface area contributed by atoms with Crippen LogP contribution in [0.4, 0.5) is 11.4 Å². The minimum atomic E-state index is -0.903. The van der Waals surface area contributed by atoms with Gasteiger partial charge in [0.2, 0.25) is 5.78 Å². The summed E-state index contributed by atoms with van der Waals surface area (Å²) < 4.78 is 16.0. The molecule has 0 spiro atoms. The number of amides is 1. The van der Waals surface area contributed by atoms with Gasteiger partial charge >= 0.3 is 0 Å². The number of carbonyl (C=O) groups is 2. The Hall–Kier alpha value is -4.20. The number of anilines is 2. The van der Waals surface area contributed by atoms with Crippen LogP contribution < -0.4 is 19.3 Å². The van der Waals surface area contributed by atoms with Gasteiger partial charge in [-0.15, -0.1) is 0 Å². The number of ether oxygens (including phenoxy) is 2. The van der Waals surface area contributed by atoms with E-state index in [1.165, 1.54) is 31.4 Å². The number of furan rings is 1. The number of carbonyl (C=O) groups excluding carboxylic acids is 2. The maximum atomic E-state index is 13.3. The van der Waals surface area contributed by atoms with E-state index in [0.717, 1.165) is 5.69 Å². The van der Waals surface area contributed by atoms with Gasteiger partial charge in [-0.1, -0.05) is 6.07 Å². The minimum absolute atomic E-state index is 0.0274. The summed E-state index contributed by atoms with van der Waals surface area (Å²) in [6.07, 6.45) is 1.37. The maximum absolute atomic E-state index is 13.3. The highest BCUT2D eigenvalue weighted by Gasteiger charge is 2.45. The van der Waals surface area contributed by atoms with Crippen LogP contribution >= 0.6 is 0 Å². The zero-order valence-electron chi connectivity index (χ0n) is 18.7. The molecule has 1 N–H and O–H groups in total. The van der Waals surface area contributed by atoms with Crippen molar-refractivity contribution in [2.45, 2.75) is 6.04 Å². The first-order chi connectivity index (χ1) is 15.9. The van der Waals surface area contributed by atoms with Crippen LogP contribution in [0.2, 0.25) is 0 Å². The van der Waals surface area contributed by atoms with Crippen LogP contribution in [-0.2, 0) is 4.79 Å². The molecular weight excluding hydrogens is 424 g/mol. The molecule has 0 saturated heterocycles. The van der Waals surface area contributed by atoms with Gasteiger partial charge < -0.3 is 23.9 Å². The zero-order valence-corrected chi connectivity index (χ0v) is 18.7. The molecular formula is C25H24N2O6. The van der Waals surface area contributed by atoms with Crippen molar-refractivity contribution in [2.24, 2.45) is 0 Å². The highest BCUT2D eigenvalue weighted by Crippen LogP contribution is 2.44. The van der Waals surface area contributed by atoms with Crippen molar-refractivity contribution in [3.8, 4) is 11.5 Å². The summed E-state index contributed by atoms with van der Waals surface area (Å²) in [5, 5.41) is 10.8. The standard InChI is InChI=1S/C25H24N2O6/c1-26(2)16-8-10-17(11-9-16)27-22(15-7-12-18(31-3)20(14-15)32-4)21(24(29)25(27)30)23(28)19-6-5-13-33-19/h5-14,22,29H,1-4H3. The third-order valence-electron chi connectivity index (χ3n) is 5.57. The molecule has 4 rings (SSSR count). The molecule has 33 heavy (non-hydrogen) atoms. The molecule has 8 nitrogen and oxygen atoms in total. The Morgan fingerprint density at radius 1 is 1.03 bits per heavy atom. The molecule has 3 aromatic rings. The molecule has 2 aromatic carbocycles. The maximum Gasteiger partial charge on any atom is 0.294 e. The lowest BCUT2D eigenvalue weighted by molar-refractivity contribution is -0.117. The first-order valence-electron chi connectivity index (χ1n) is 10.2. The Bertz CT molecular complexity index is 1210. The van der Waals surface area contributed by atoms with Crippen molar-refractivity contribution < 1.29 is 28.6 Å². The zero-order chi connectivity index (χ0) is 23.7. The van der Waals surface area contributed by atoms with E-state index < -0.39 is 23.5 Å². The Morgan fingerprint density at radius 3 is 2.30 bits per heavy atom.